The molecule has 0 atom stereocenters. The van der Waals surface area contributed by atoms with Gasteiger partial charge < -0.3 is 9.47 Å². The van der Waals surface area contributed by atoms with Crippen LogP contribution in [0.4, 0.5) is 0 Å². The Balaban J connectivity index is 1.91. The van der Waals surface area contributed by atoms with Crippen LogP contribution in [0.3, 0.4) is 0 Å². The quantitative estimate of drug-likeness (QED) is 0.518. The second kappa shape index (κ2) is 6.08. The van der Waals surface area contributed by atoms with Gasteiger partial charge in [-0.3, -0.25) is 0 Å². The minimum Gasteiger partial charge on any atom is -0.496 e. The molecule has 0 unspecified atom stereocenters. The molecule has 0 amide bonds. The highest BCUT2D eigenvalue weighted by molar-refractivity contribution is 6.31. The SMILES string of the molecule is COc1ccc(Cl)cc1C(=O)Oc1ccc2ccccc2c1. The Morgan fingerprint density at radius 3 is 2.50 bits per heavy atom. The number of rotatable bonds is 3. The summed E-state index contributed by atoms with van der Waals surface area (Å²) in [4.78, 5) is 12.3. The lowest BCUT2D eigenvalue weighted by molar-refractivity contribution is 0.0731. The first-order valence-corrected chi connectivity index (χ1v) is 7.10. The second-order valence-electron chi connectivity index (χ2n) is 4.74. The lowest BCUT2D eigenvalue weighted by atomic mass is 10.1. The molecular formula is C18H13ClO3. The Bertz CT molecular complexity index is 843. The van der Waals surface area contributed by atoms with Gasteiger partial charge in [0.25, 0.3) is 0 Å². The Morgan fingerprint density at radius 1 is 0.955 bits per heavy atom. The number of halogens is 1. The van der Waals surface area contributed by atoms with Gasteiger partial charge in [-0.1, -0.05) is 41.9 Å². The Morgan fingerprint density at radius 2 is 1.73 bits per heavy atom. The molecular weight excluding hydrogens is 300 g/mol. The Labute approximate surface area is 133 Å². The van der Waals surface area contributed by atoms with Gasteiger partial charge >= 0.3 is 5.97 Å². The van der Waals surface area contributed by atoms with E-state index in [2.05, 4.69) is 0 Å². The maximum absolute atomic E-state index is 12.3. The van der Waals surface area contributed by atoms with E-state index in [1.165, 1.54) is 13.2 Å². The van der Waals surface area contributed by atoms with Gasteiger partial charge in [-0.2, -0.15) is 0 Å². The summed E-state index contributed by atoms with van der Waals surface area (Å²) < 4.78 is 10.6. The molecule has 3 rings (SSSR count). The molecule has 0 saturated carbocycles. The monoisotopic (exact) mass is 312 g/mol. The summed E-state index contributed by atoms with van der Waals surface area (Å²) >= 11 is 5.94. The third-order valence-electron chi connectivity index (χ3n) is 3.31. The molecule has 3 nitrogen and oxygen atoms in total. The average molecular weight is 313 g/mol. The second-order valence-corrected chi connectivity index (χ2v) is 5.18. The van der Waals surface area contributed by atoms with Gasteiger partial charge in [0.15, 0.2) is 0 Å². The molecule has 0 aromatic heterocycles. The fourth-order valence-corrected chi connectivity index (χ4v) is 2.40. The lowest BCUT2D eigenvalue weighted by Gasteiger charge is -2.09. The topological polar surface area (TPSA) is 35.5 Å². The molecule has 0 aliphatic rings. The van der Waals surface area contributed by atoms with Crippen LogP contribution in [0.15, 0.2) is 60.7 Å². The summed E-state index contributed by atoms with van der Waals surface area (Å²) in [6, 6.07) is 18.2. The van der Waals surface area contributed by atoms with Crippen molar-refractivity contribution in [3.63, 3.8) is 0 Å². The molecule has 3 aromatic rings. The molecule has 0 aliphatic heterocycles. The number of ether oxygens (including phenoxy) is 2. The predicted molar refractivity (Wildman–Crippen MR) is 86.9 cm³/mol. The molecule has 3 aromatic carbocycles. The number of methoxy groups -OCH3 is 1. The first kappa shape index (κ1) is 14.4. The first-order valence-electron chi connectivity index (χ1n) is 6.72. The molecule has 0 N–H and O–H groups in total. The summed E-state index contributed by atoms with van der Waals surface area (Å²) in [7, 11) is 1.50. The molecule has 0 heterocycles. The van der Waals surface area contributed by atoms with Crippen molar-refractivity contribution >= 4 is 28.3 Å². The molecule has 0 fully saturated rings. The van der Waals surface area contributed by atoms with Crippen molar-refractivity contribution in [3.05, 3.63) is 71.2 Å². The van der Waals surface area contributed by atoms with Crippen molar-refractivity contribution < 1.29 is 14.3 Å². The zero-order chi connectivity index (χ0) is 15.5. The smallest absolute Gasteiger partial charge is 0.347 e. The van der Waals surface area contributed by atoms with Crippen LogP contribution >= 0.6 is 11.6 Å². The number of carbonyl (C=O) groups is 1. The van der Waals surface area contributed by atoms with Gasteiger partial charge in [-0.15, -0.1) is 0 Å². The summed E-state index contributed by atoms with van der Waals surface area (Å²) in [5.41, 5.74) is 0.295. The van der Waals surface area contributed by atoms with Crippen LogP contribution in [-0.2, 0) is 0 Å². The summed E-state index contributed by atoms with van der Waals surface area (Å²) in [5, 5.41) is 2.54. The van der Waals surface area contributed by atoms with Crippen molar-refractivity contribution in [1.82, 2.24) is 0 Å². The highest BCUT2D eigenvalue weighted by Crippen LogP contribution is 2.26. The van der Waals surface area contributed by atoms with Crippen LogP contribution in [0.5, 0.6) is 11.5 Å². The van der Waals surface area contributed by atoms with Gasteiger partial charge in [0, 0.05) is 5.02 Å². The van der Waals surface area contributed by atoms with E-state index in [0.717, 1.165) is 10.8 Å². The van der Waals surface area contributed by atoms with E-state index in [1.54, 1.807) is 18.2 Å². The zero-order valence-electron chi connectivity index (χ0n) is 11.9. The minimum absolute atomic E-state index is 0.295. The van der Waals surface area contributed by atoms with Crippen molar-refractivity contribution in [3.8, 4) is 11.5 Å². The normalized spacial score (nSPS) is 10.5. The summed E-state index contributed by atoms with van der Waals surface area (Å²) in [6.07, 6.45) is 0. The zero-order valence-corrected chi connectivity index (χ0v) is 12.6. The third kappa shape index (κ3) is 2.90. The summed E-state index contributed by atoms with van der Waals surface area (Å²) in [5.74, 6) is 0.399. The number of hydrogen-bond donors (Lipinski definition) is 0. The van der Waals surface area contributed by atoms with E-state index in [9.17, 15) is 4.79 Å². The lowest BCUT2D eigenvalue weighted by Crippen LogP contribution is -2.10. The standard InChI is InChI=1S/C18H13ClO3/c1-21-17-9-7-14(19)11-16(17)18(20)22-15-8-6-12-4-2-3-5-13(12)10-15/h2-11H,1H3. The number of benzene rings is 3. The highest BCUT2D eigenvalue weighted by atomic mass is 35.5. The van der Waals surface area contributed by atoms with Crippen LogP contribution in [0.25, 0.3) is 10.8 Å². The summed E-state index contributed by atoms with van der Waals surface area (Å²) in [6.45, 7) is 0. The van der Waals surface area contributed by atoms with Crippen LogP contribution in [0, 0.1) is 0 Å². The molecule has 4 heteroatoms. The van der Waals surface area contributed by atoms with E-state index >= 15 is 0 Å². The molecule has 0 aliphatic carbocycles. The fraction of sp³-hybridized carbons (Fsp3) is 0.0556. The van der Waals surface area contributed by atoms with E-state index < -0.39 is 5.97 Å². The van der Waals surface area contributed by atoms with Crippen LogP contribution in [0.2, 0.25) is 5.02 Å². The van der Waals surface area contributed by atoms with Gasteiger partial charge in [0.2, 0.25) is 0 Å². The molecule has 0 saturated heterocycles. The molecule has 0 bridgehead atoms. The van der Waals surface area contributed by atoms with Crippen LogP contribution in [0.1, 0.15) is 10.4 Å². The molecule has 0 radical (unpaired) electrons. The molecule has 0 spiro atoms. The van der Waals surface area contributed by atoms with Crippen molar-refractivity contribution in [2.45, 2.75) is 0 Å². The first-order chi connectivity index (χ1) is 10.7. The van der Waals surface area contributed by atoms with E-state index in [4.69, 9.17) is 21.1 Å². The van der Waals surface area contributed by atoms with Crippen molar-refractivity contribution in [2.75, 3.05) is 7.11 Å². The number of esters is 1. The van der Waals surface area contributed by atoms with Crippen molar-refractivity contribution in [1.29, 1.82) is 0 Å². The maximum Gasteiger partial charge on any atom is 0.347 e. The predicted octanol–water partition coefficient (Wildman–Crippen LogP) is 4.72. The van der Waals surface area contributed by atoms with Gasteiger partial charge in [0.05, 0.1) is 7.11 Å². The van der Waals surface area contributed by atoms with E-state index in [0.29, 0.717) is 22.1 Å². The largest absolute Gasteiger partial charge is 0.496 e. The highest BCUT2D eigenvalue weighted by Gasteiger charge is 2.15. The van der Waals surface area contributed by atoms with Gasteiger partial charge in [-0.25, -0.2) is 4.79 Å². The van der Waals surface area contributed by atoms with Crippen molar-refractivity contribution in [2.24, 2.45) is 0 Å². The van der Waals surface area contributed by atoms with Crippen LogP contribution < -0.4 is 9.47 Å². The fourth-order valence-electron chi connectivity index (χ4n) is 2.23. The molecule has 22 heavy (non-hydrogen) atoms. The Kier molecular flexibility index (Phi) is 3.98. The number of hydrogen-bond acceptors (Lipinski definition) is 3. The number of carbonyl (C=O) groups excluding carboxylic acids is 1. The Hall–Kier alpha value is -2.52. The minimum atomic E-state index is -0.505. The van der Waals surface area contributed by atoms with E-state index in [-0.39, 0.29) is 0 Å². The number of fused-ring (bicyclic) bond motifs is 1. The van der Waals surface area contributed by atoms with Crippen LogP contribution in [-0.4, -0.2) is 13.1 Å². The molecule has 110 valence electrons. The van der Waals surface area contributed by atoms with Gasteiger partial charge in [-0.05, 0) is 41.1 Å². The van der Waals surface area contributed by atoms with E-state index in [1.807, 2.05) is 36.4 Å². The third-order valence-corrected chi connectivity index (χ3v) is 3.55. The van der Waals surface area contributed by atoms with Gasteiger partial charge in [0.1, 0.15) is 17.1 Å². The maximum atomic E-state index is 12.3. The average Bonchev–Trinajstić information content (AvgIpc) is 2.54.